The van der Waals surface area contributed by atoms with Crippen LogP contribution in [0.2, 0.25) is 0 Å². The van der Waals surface area contributed by atoms with Crippen LogP contribution in [0.1, 0.15) is 38.3 Å². The van der Waals surface area contributed by atoms with Crippen LogP contribution in [0.25, 0.3) is 5.65 Å². The minimum Gasteiger partial charge on any atom is -0.356 e. The normalized spacial score (nSPS) is 18.3. The molecule has 0 spiro atoms. The molecule has 3 rings (SSSR count). The predicted octanol–water partition coefficient (Wildman–Crippen LogP) is 2.17. The predicted molar refractivity (Wildman–Crippen MR) is 90.6 cm³/mol. The molecule has 1 N–H and O–H groups in total. The van der Waals surface area contributed by atoms with Crippen LogP contribution in [0, 0.1) is 12.8 Å². The first-order valence-corrected chi connectivity index (χ1v) is 8.54. The third-order valence-electron chi connectivity index (χ3n) is 4.51. The highest BCUT2D eigenvalue weighted by molar-refractivity contribution is 5.79. The third-order valence-corrected chi connectivity index (χ3v) is 4.51. The van der Waals surface area contributed by atoms with Crippen LogP contribution >= 0.6 is 0 Å². The van der Waals surface area contributed by atoms with Gasteiger partial charge in [0.15, 0.2) is 5.65 Å². The van der Waals surface area contributed by atoms with E-state index < -0.39 is 0 Å². The van der Waals surface area contributed by atoms with Gasteiger partial charge in [0.1, 0.15) is 0 Å². The average Bonchev–Trinajstić information content (AvgIpc) is 3.01. The van der Waals surface area contributed by atoms with Crippen molar-refractivity contribution in [1.82, 2.24) is 19.9 Å². The van der Waals surface area contributed by atoms with Crippen LogP contribution in [0.15, 0.2) is 18.2 Å². The van der Waals surface area contributed by atoms with Gasteiger partial charge in [-0.25, -0.2) is 0 Å². The Bertz CT molecular complexity index is 681. The van der Waals surface area contributed by atoms with Crippen molar-refractivity contribution < 1.29 is 4.79 Å². The molecule has 0 unspecified atom stereocenters. The van der Waals surface area contributed by atoms with E-state index in [1.807, 2.05) is 12.1 Å². The van der Waals surface area contributed by atoms with Crippen molar-refractivity contribution in [2.45, 2.75) is 39.5 Å². The first kappa shape index (κ1) is 15.8. The van der Waals surface area contributed by atoms with Crippen molar-refractivity contribution in [3.63, 3.8) is 0 Å². The van der Waals surface area contributed by atoms with Gasteiger partial charge in [0.2, 0.25) is 11.9 Å². The Morgan fingerprint density at radius 1 is 1.39 bits per heavy atom. The van der Waals surface area contributed by atoms with E-state index in [-0.39, 0.29) is 11.8 Å². The summed E-state index contributed by atoms with van der Waals surface area (Å²) in [6, 6.07) is 6.00. The largest absolute Gasteiger partial charge is 0.356 e. The molecule has 0 saturated carbocycles. The Labute approximate surface area is 136 Å². The fraction of sp³-hybridized carbons (Fsp3) is 0.588. The van der Waals surface area contributed by atoms with Gasteiger partial charge < -0.3 is 10.2 Å². The summed E-state index contributed by atoms with van der Waals surface area (Å²) in [7, 11) is 0. The van der Waals surface area contributed by atoms with Gasteiger partial charge in [0, 0.05) is 25.3 Å². The summed E-state index contributed by atoms with van der Waals surface area (Å²) in [6.07, 6.45) is 4.09. The molecule has 1 amide bonds. The summed E-state index contributed by atoms with van der Waals surface area (Å²) in [6.45, 7) is 6.60. The van der Waals surface area contributed by atoms with Crippen molar-refractivity contribution in [3.05, 3.63) is 23.9 Å². The molecule has 6 heteroatoms. The number of hydrogen-bond donors (Lipinski definition) is 1. The molecule has 2 aromatic rings. The second-order valence-electron chi connectivity index (χ2n) is 6.29. The van der Waals surface area contributed by atoms with E-state index in [0.717, 1.165) is 56.1 Å². The van der Waals surface area contributed by atoms with Crippen molar-refractivity contribution in [2.24, 2.45) is 5.92 Å². The number of unbranched alkanes of at least 4 members (excludes halogenated alkanes) is 1. The van der Waals surface area contributed by atoms with E-state index in [2.05, 4.69) is 44.7 Å². The number of fused-ring (bicyclic) bond motifs is 1. The minimum atomic E-state index is 0.0389. The van der Waals surface area contributed by atoms with Gasteiger partial charge in [0.25, 0.3) is 0 Å². The van der Waals surface area contributed by atoms with Crippen LogP contribution in [-0.2, 0) is 4.79 Å². The fourth-order valence-electron chi connectivity index (χ4n) is 3.19. The monoisotopic (exact) mass is 315 g/mol. The number of aromatic nitrogens is 3. The Morgan fingerprint density at radius 2 is 2.26 bits per heavy atom. The second kappa shape index (κ2) is 6.98. The summed E-state index contributed by atoms with van der Waals surface area (Å²) in [5.74, 6) is 1.06. The fourth-order valence-corrected chi connectivity index (χ4v) is 3.19. The number of amides is 1. The topological polar surface area (TPSA) is 62.5 Å². The molecule has 1 aliphatic rings. The minimum absolute atomic E-state index is 0.0389. The van der Waals surface area contributed by atoms with Crippen LogP contribution in [0.5, 0.6) is 0 Å². The number of anilines is 1. The Morgan fingerprint density at radius 3 is 3.09 bits per heavy atom. The summed E-state index contributed by atoms with van der Waals surface area (Å²) in [5.41, 5.74) is 1.96. The number of nitrogens with one attached hydrogen (secondary N) is 1. The molecule has 1 saturated heterocycles. The van der Waals surface area contributed by atoms with Crippen molar-refractivity contribution in [3.8, 4) is 0 Å². The quantitative estimate of drug-likeness (QED) is 0.859. The molecule has 23 heavy (non-hydrogen) atoms. The van der Waals surface area contributed by atoms with Gasteiger partial charge in [0.05, 0.1) is 5.92 Å². The second-order valence-corrected chi connectivity index (χ2v) is 6.29. The number of aryl methyl sites for hydroxylation is 1. The lowest BCUT2D eigenvalue weighted by Crippen LogP contribution is -2.44. The molecular formula is C17H25N5O. The number of pyridine rings is 1. The summed E-state index contributed by atoms with van der Waals surface area (Å²) < 4.78 is 2.07. The molecule has 1 fully saturated rings. The van der Waals surface area contributed by atoms with E-state index in [4.69, 9.17) is 0 Å². The van der Waals surface area contributed by atoms with E-state index >= 15 is 0 Å². The lowest BCUT2D eigenvalue weighted by molar-refractivity contribution is -0.125. The Balaban J connectivity index is 1.74. The number of nitrogens with zero attached hydrogens (tertiary/aromatic N) is 4. The molecule has 6 nitrogen and oxygen atoms in total. The zero-order chi connectivity index (χ0) is 16.2. The highest BCUT2D eigenvalue weighted by atomic mass is 16.1. The van der Waals surface area contributed by atoms with E-state index in [1.165, 1.54) is 0 Å². The number of hydrogen-bond acceptors (Lipinski definition) is 4. The maximum Gasteiger partial charge on any atom is 0.231 e. The third kappa shape index (κ3) is 3.30. The smallest absolute Gasteiger partial charge is 0.231 e. The maximum absolute atomic E-state index is 12.3. The highest BCUT2D eigenvalue weighted by Crippen LogP contribution is 2.23. The van der Waals surface area contributed by atoms with E-state index in [0.29, 0.717) is 6.54 Å². The maximum atomic E-state index is 12.3. The molecule has 124 valence electrons. The van der Waals surface area contributed by atoms with Gasteiger partial charge in [-0.1, -0.05) is 19.4 Å². The van der Waals surface area contributed by atoms with Crippen LogP contribution in [0.3, 0.4) is 0 Å². The molecule has 2 aromatic heterocycles. The average molecular weight is 315 g/mol. The van der Waals surface area contributed by atoms with Crippen LogP contribution in [0.4, 0.5) is 5.95 Å². The first-order valence-electron chi connectivity index (χ1n) is 8.54. The number of rotatable bonds is 5. The van der Waals surface area contributed by atoms with E-state index in [9.17, 15) is 4.79 Å². The molecule has 1 atom stereocenters. The molecule has 3 heterocycles. The summed E-state index contributed by atoms with van der Waals surface area (Å²) in [5, 5.41) is 11.7. The molecule has 0 bridgehead atoms. The van der Waals surface area contributed by atoms with Crippen LogP contribution < -0.4 is 10.2 Å². The van der Waals surface area contributed by atoms with Crippen molar-refractivity contribution >= 4 is 17.5 Å². The van der Waals surface area contributed by atoms with E-state index in [1.54, 1.807) is 0 Å². The summed E-state index contributed by atoms with van der Waals surface area (Å²) >= 11 is 0. The molecular weight excluding hydrogens is 290 g/mol. The SMILES string of the molecule is CCCCNC(=O)[C@H]1CCCN(c2nnc3cccc(C)n23)C1. The van der Waals surface area contributed by atoms with Crippen LogP contribution in [-0.4, -0.2) is 40.1 Å². The highest BCUT2D eigenvalue weighted by Gasteiger charge is 2.28. The van der Waals surface area contributed by atoms with Gasteiger partial charge in [-0.05, 0) is 38.3 Å². The summed E-state index contributed by atoms with van der Waals surface area (Å²) in [4.78, 5) is 14.5. The van der Waals surface area contributed by atoms with Gasteiger partial charge in [-0.15, -0.1) is 10.2 Å². The Hall–Kier alpha value is -2.11. The number of carbonyl (C=O) groups excluding carboxylic acids is 1. The molecule has 0 radical (unpaired) electrons. The zero-order valence-corrected chi connectivity index (χ0v) is 14.0. The molecule has 0 aromatic carbocycles. The number of carbonyl (C=O) groups is 1. The molecule has 1 aliphatic heterocycles. The van der Waals surface area contributed by atoms with Gasteiger partial charge in [-0.2, -0.15) is 0 Å². The lowest BCUT2D eigenvalue weighted by Gasteiger charge is -2.32. The standard InChI is InChI=1S/C17H25N5O/c1-3-4-10-18-16(23)14-8-6-11-21(12-14)17-20-19-15-9-5-7-13(2)22(15)17/h5,7,9,14H,3-4,6,8,10-12H2,1-2H3,(H,18,23)/t14-/m0/s1. The van der Waals surface area contributed by atoms with Crippen molar-refractivity contribution in [1.29, 1.82) is 0 Å². The zero-order valence-electron chi connectivity index (χ0n) is 14.0. The van der Waals surface area contributed by atoms with Gasteiger partial charge >= 0.3 is 0 Å². The van der Waals surface area contributed by atoms with Gasteiger partial charge in [-0.3, -0.25) is 9.20 Å². The van der Waals surface area contributed by atoms with Crippen molar-refractivity contribution in [2.75, 3.05) is 24.5 Å². The molecule has 0 aliphatic carbocycles. The number of piperidine rings is 1. The Kier molecular flexibility index (Phi) is 4.79. The first-order chi connectivity index (χ1) is 11.2. The lowest BCUT2D eigenvalue weighted by atomic mass is 9.97.